The minimum absolute atomic E-state index is 0.340. The quantitative estimate of drug-likeness (QED) is 0.693. The Morgan fingerprint density at radius 2 is 2.08 bits per heavy atom. The van der Waals surface area contributed by atoms with E-state index in [4.69, 9.17) is 21.1 Å². The molecule has 1 aromatic carbocycles. The minimum Gasteiger partial charge on any atom is -0.374 e. The van der Waals surface area contributed by atoms with Crippen molar-refractivity contribution >= 4 is 11.6 Å². The standard InChI is InChI=1S/C10H11ClO2/c11-9-3-1-8(2-4-9)5-12-6-10-7-13-10/h1-4,10H,5-7H2/t10-/m0/s1. The van der Waals surface area contributed by atoms with E-state index in [1.165, 1.54) is 0 Å². The van der Waals surface area contributed by atoms with Gasteiger partial charge in [0.2, 0.25) is 0 Å². The zero-order valence-electron chi connectivity index (χ0n) is 7.20. The highest BCUT2D eigenvalue weighted by Gasteiger charge is 2.21. The van der Waals surface area contributed by atoms with Gasteiger partial charge in [-0.2, -0.15) is 0 Å². The van der Waals surface area contributed by atoms with Crippen molar-refractivity contribution in [3.05, 3.63) is 34.9 Å². The molecule has 0 bridgehead atoms. The summed E-state index contributed by atoms with van der Waals surface area (Å²) in [5, 5.41) is 0.759. The molecule has 1 atom stereocenters. The largest absolute Gasteiger partial charge is 0.374 e. The molecule has 0 unspecified atom stereocenters. The molecule has 0 saturated carbocycles. The summed E-state index contributed by atoms with van der Waals surface area (Å²) in [6, 6.07) is 7.67. The van der Waals surface area contributed by atoms with Crippen molar-refractivity contribution in [1.82, 2.24) is 0 Å². The Labute approximate surface area is 82.4 Å². The number of halogens is 1. The number of hydrogen-bond donors (Lipinski definition) is 0. The highest BCUT2D eigenvalue weighted by atomic mass is 35.5. The summed E-state index contributed by atoms with van der Waals surface area (Å²) in [7, 11) is 0. The zero-order chi connectivity index (χ0) is 9.10. The van der Waals surface area contributed by atoms with E-state index >= 15 is 0 Å². The Kier molecular flexibility index (Phi) is 2.83. The van der Waals surface area contributed by atoms with Crippen LogP contribution in [0.15, 0.2) is 24.3 Å². The molecule has 0 radical (unpaired) electrons. The molecule has 0 N–H and O–H groups in total. The Morgan fingerprint density at radius 3 is 2.69 bits per heavy atom. The first-order chi connectivity index (χ1) is 6.34. The summed E-state index contributed by atoms with van der Waals surface area (Å²) in [4.78, 5) is 0. The molecule has 2 nitrogen and oxygen atoms in total. The fourth-order valence-corrected chi connectivity index (χ4v) is 1.18. The van der Waals surface area contributed by atoms with Crippen LogP contribution >= 0.6 is 11.6 Å². The Hall–Kier alpha value is -0.570. The van der Waals surface area contributed by atoms with Crippen molar-refractivity contribution in [2.45, 2.75) is 12.7 Å². The van der Waals surface area contributed by atoms with E-state index in [2.05, 4.69) is 0 Å². The molecule has 1 heterocycles. The number of hydrogen-bond acceptors (Lipinski definition) is 2. The molecule has 0 aliphatic carbocycles. The molecule has 1 saturated heterocycles. The second-order valence-corrected chi connectivity index (χ2v) is 3.53. The number of benzene rings is 1. The third-order valence-electron chi connectivity index (χ3n) is 1.89. The van der Waals surface area contributed by atoms with Gasteiger partial charge in [-0.25, -0.2) is 0 Å². The fraction of sp³-hybridized carbons (Fsp3) is 0.400. The van der Waals surface area contributed by atoms with Crippen molar-refractivity contribution in [2.24, 2.45) is 0 Å². The van der Waals surface area contributed by atoms with Crippen LogP contribution in [0.25, 0.3) is 0 Å². The first-order valence-electron chi connectivity index (χ1n) is 4.28. The normalized spacial score (nSPS) is 20.2. The molecule has 1 fully saturated rings. The van der Waals surface area contributed by atoms with Gasteiger partial charge in [-0.15, -0.1) is 0 Å². The number of rotatable bonds is 4. The Morgan fingerprint density at radius 1 is 1.38 bits per heavy atom. The highest BCUT2D eigenvalue weighted by Crippen LogP contribution is 2.12. The van der Waals surface area contributed by atoms with Gasteiger partial charge in [0.05, 0.1) is 19.8 Å². The predicted molar refractivity (Wildman–Crippen MR) is 50.8 cm³/mol. The van der Waals surface area contributed by atoms with Crippen LogP contribution in [0.1, 0.15) is 5.56 Å². The van der Waals surface area contributed by atoms with Crippen molar-refractivity contribution in [3.63, 3.8) is 0 Å². The summed E-state index contributed by atoms with van der Waals surface area (Å²) in [6.07, 6.45) is 0.340. The van der Waals surface area contributed by atoms with E-state index in [0.29, 0.717) is 19.3 Å². The maximum atomic E-state index is 5.75. The third-order valence-corrected chi connectivity index (χ3v) is 2.14. The smallest absolute Gasteiger partial charge is 0.104 e. The van der Waals surface area contributed by atoms with E-state index in [-0.39, 0.29) is 0 Å². The lowest BCUT2D eigenvalue weighted by Gasteiger charge is -2.01. The Bertz CT molecular complexity index is 267. The zero-order valence-corrected chi connectivity index (χ0v) is 7.96. The summed E-state index contributed by atoms with van der Waals surface area (Å²) in [5.41, 5.74) is 1.14. The van der Waals surface area contributed by atoms with Gasteiger partial charge < -0.3 is 9.47 Å². The molecule has 3 heteroatoms. The maximum absolute atomic E-state index is 5.75. The van der Waals surface area contributed by atoms with Gasteiger partial charge in [0.15, 0.2) is 0 Å². The molecular weight excluding hydrogens is 188 g/mol. The predicted octanol–water partition coefficient (Wildman–Crippen LogP) is 2.26. The average Bonchev–Trinajstić information content (AvgIpc) is 2.92. The van der Waals surface area contributed by atoms with Crippen LogP contribution in [-0.4, -0.2) is 19.3 Å². The molecule has 1 aliphatic heterocycles. The molecule has 0 aromatic heterocycles. The molecule has 70 valence electrons. The monoisotopic (exact) mass is 198 g/mol. The fourth-order valence-electron chi connectivity index (χ4n) is 1.05. The van der Waals surface area contributed by atoms with Gasteiger partial charge in [-0.1, -0.05) is 23.7 Å². The van der Waals surface area contributed by atoms with E-state index in [9.17, 15) is 0 Å². The van der Waals surface area contributed by atoms with Gasteiger partial charge >= 0.3 is 0 Å². The van der Waals surface area contributed by atoms with Crippen LogP contribution in [-0.2, 0) is 16.1 Å². The van der Waals surface area contributed by atoms with Gasteiger partial charge in [-0.05, 0) is 17.7 Å². The molecule has 2 rings (SSSR count). The topological polar surface area (TPSA) is 21.8 Å². The molecule has 0 spiro atoms. The van der Waals surface area contributed by atoms with E-state index in [0.717, 1.165) is 17.2 Å². The highest BCUT2D eigenvalue weighted by molar-refractivity contribution is 6.30. The minimum atomic E-state index is 0.340. The van der Waals surface area contributed by atoms with Crippen LogP contribution in [0.3, 0.4) is 0 Å². The van der Waals surface area contributed by atoms with Gasteiger partial charge in [0, 0.05) is 5.02 Å². The third kappa shape index (κ3) is 2.99. The van der Waals surface area contributed by atoms with E-state index in [1.807, 2.05) is 24.3 Å². The summed E-state index contributed by atoms with van der Waals surface area (Å²) < 4.78 is 10.4. The lowest BCUT2D eigenvalue weighted by Crippen LogP contribution is -2.00. The molecule has 13 heavy (non-hydrogen) atoms. The number of epoxide rings is 1. The van der Waals surface area contributed by atoms with Crippen LogP contribution in [0.4, 0.5) is 0 Å². The first kappa shape index (κ1) is 9.00. The summed E-state index contributed by atoms with van der Waals surface area (Å²) in [6.45, 7) is 2.18. The first-order valence-corrected chi connectivity index (χ1v) is 4.66. The Balaban J connectivity index is 1.76. The second kappa shape index (κ2) is 4.09. The van der Waals surface area contributed by atoms with E-state index in [1.54, 1.807) is 0 Å². The number of ether oxygens (including phenoxy) is 2. The van der Waals surface area contributed by atoms with Crippen LogP contribution in [0.5, 0.6) is 0 Å². The lowest BCUT2D eigenvalue weighted by molar-refractivity contribution is 0.104. The summed E-state index contributed by atoms with van der Waals surface area (Å²) >= 11 is 5.75. The van der Waals surface area contributed by atoms with E-state index < -0.39 is 0 Å². The van der Waals surface area contributed by atoms with Crippen LogP contribution in [0.2, 0.25) is 5.02 Å². The average molecular weight is 199 g/mol. The van der Waals surface area contributed by atoms with Crippen LogP contribution in [0, 0.1) is 0 Å². The molecule has 0 amide bonds. The summed E-state index contributed by atoms with van der Waals surface area (Å²) in [5.74, 6) is 0. The van der Waals surface area contributed by atoms with Crippen molar-refractivity contribution in [2.75, 3.05) is 13.2 Å². The molecule has 1 aliphatic rings. The van der Waals surface area contributed by atoms with Gasteiger partial charge in [-0.3, -0.25) is 0 Å². The van der Waals surface area contributed by atoms with Crippen LogP contribution < -0.4 is 0 Å². The van der Waals surface area contributed by atoms with Crippen molar-refractivity contribution in [3.8, 4) is 0 Å². The maximum Gasteiger partial charge on any atom is 0.104 e. The second-order valence-electron chi connectivity index (χ2n) is 3.10. The molecule has 1 aromatic rings. The van der Waals surface area contributed by atoms with Gasteiger partial charge in [0.25, 0.3) is 0 Å². The van der Waals surface area contributed by atoms with Crippen molar-refractivity contribution in [1.29, 1.82) is 0 Å². The molecular formula is C10H11ClO2. The lowest BCUT2D eigenvalue weighted by atomic mass is 10.2. The van der Waals surface area contributed by atoms with Gasteiger partial charge in [0.1, 0.15) is 6.10 Å². The van der Waals surface area contributed by atoms with Crippen molar-refractivity contribution < 1.29 is 9.47 Å². The SMILES string of the molecule is Clc1ccc(COC[C@H]2CO2)cc1.